The summed E-state index contributed by atoms with van der Waals surface area (Å²) in [4.78, 5) is 16.0. The number of anilines is 1. The van der Waals surface area contributed by atoms with Crippen LogP contribution in [0.2, 0.25) is 0 Å². The van der Waals surface area contributed by atoms with Gasteiger partial charge in [0.25, 0.3) is 0 Å². The van der Waals surface area contributed by atoms with Gasteiger partial charge in [-0.15, -0.1) is 0 Å². The van der Waals surface area contributed by atoms with Gasteiger partial charge < -0.3 is 10.6 Å². The second-order valence-corrected chi connectivity index (χ2v) is 7.61. The topological polar surface area (TPSA) is 96.6 Å². The van der Waals surface area contributed by atoms with E-state index >= 15 is 0 Å². The lowest BCUT2D eigenvalue weighted by Crippen LogP contribution is -2.43. The molecule has 0 saturated carbocycles. The highest BCUT2D eigenvalue weighted by Gasteiger charge is 2.21. The van der Waals surface area contributed by atoms with Gasteiger partial charge in [-0.3, -0.25) is 15.1 Å². The number of hydrogen-bond donors (Lipinski definition) is 2. The smallest absolute Gasteiger partial charge is 0.132 e. The summed E-state index contributed by atoms with van der Waals surface area (Å²) in [5.41, 5.74) is 11.7. The lowest BCUT2D eigenvalue weighted by Gasteiger charge is -2.32. The van der Waals surface area contributed by atoms with Gasteiger partial charge in [-0.05, 0) is 49.6 Å². The number of aryl methyl sites for hydroxylation is 1. The van der Waals surface area contributed by atoms with Crippen LogP contribution in [0.25, 0.3) is 33.5 Å². The second-order valence-electron chi connectivity index (χ2n) is 7.61. The predicted octanol–water partition coefficient (Wildman–Crippen LogP) is 3.32. The van der Waals surface area contributed by atoms with Crippen molar-refractivity contribution in [2.24, 2.45) is 5.73 Å². The van der Waals surface area contributed by atoms with E-state index in [4.69, 9.17) is 10.7 Å². The first-order chi connectivity index (χ1) is 14.2. The van der Waals surface area contributed by atoms with Gasteiger partial charge in [-0.2, -0.15) is 5.10 Å². The van der Waals surface area contributed by atoms with Gasteiger partial charge in [0.1, 0.15) is 11.5 Å². The molecule has 0 aromatic carbocycles. The van der Waals surface area contributed by atoms with Crippen LogP contribution in [-0.4, -0.2) is 44.3 Å². The summed E-state index contributed by atoms with van der Waals surface area (Å²) in [5.74, 6) is 0.996. The van der Waals surface area contributed by atoms with E-state index in [2.05, 4.69) is 38.1 Å². The Kier molecular flexibility index (Phi) is 4.44. The van der Waals surface area contributed by atoms with Crippen molar-refractivity contribution in [3.05, 3.63) is 54.5 Å². The Labute approximate surface area is 169 Å². The molecule has 4 aromatic heterocycles. The van der Waals surface area contributed by atoms with E-state index in [-0.39, 0.29) is 6.04 Å². The number of pyridine rings is 3. The monoisotopic (exact) mass is 385 g/mol. The van der Waals surface area contributed by atoms with Crippen LogP contribution in [0.3, 0.4) is 0 Å². The zero-order valence-electron chi connectivity index (χ0n) is 16.3. The molecule has 1 fully saturated rings. The van der Waals surface area contributed by atoms with Crippen molar-refractivity contribution in [1.82, 2.24) is 25.1 Å². The molecule has 0 aliphatic carbocycles. The Balaban J connectivity index is 1.58. The molecule has 1 saturated heterocycles. The second kappa shape index (κ2) is 7.25. The lowest BCUT2D eigenvalue weighted by molar-refractivity contribution is 0.502. The van der Waals surface area contributed by atoms with Gasteiger partial charge in [0, 0.05) is 42.5 Å². The third-order valence-corrected chi connectivity index (χ3v) is 5.47. The predicted molar refractivity (Wildman–Crippen MR) is 115 cm³/mol. The van der Waals surface area contributed by atoms with Gasteiger partial charge in [0.2, 0.25) is 0 Å². The molecule has 7 nitrogen and oxygen atoms in total. The average Bonchev–Trinajstić information content (AvgIpc) is 3.18. The van der Waals surface area contributed by atoms with Crippen LogP contribution in [0.4, 0.5) is 5.82 Å². The third kappa shape index (κ3) is 3.34. The van der Waals surface area contributed by atoms with E-state index in [0.29, 0.717) is 0 Å². The number of piperidine rings is 1. The van der Waals surface area contributed by atoms with Crippen LogP contribution < -0.4 is 10.6 Å². The molecule has 0 amide bonds. The lowest BCUT2D eigenvalue weighted by atomic mass is 10.1. The van der Waals surface area contributed by atoms with Crippen molar-refractivity contribution >= 4 is 16.7 Å². The fourth-order valence-electron chi connectivity index (χ4n) is 3.96. The molecule has 3 N–H and O–H groups in total. The number of nitrogens with zero attached hydrogens (tertiary/aromatic N) is 5. The fourth-order valence-corrected chi connectivity index (χ4v) is 3.96. The van der Waals surface area contributed by atoms with Crippen LogP contribution in [0.5, 0.6) is 0 Å². The normalized spacial score (nSPS) is 17.0. The van der Waals surface area contributed by atoms with Crippen LogP contribution in [0.1, 0.15) is 18.4 Å². The summed E-state index contributed by atoms with van der Waals surface area (Å²) in [6.07, 6.45) is 7.56. The zero-order chi connectivity index (χ0) is 19.8. The molecule has 5 heterocycles. The van der Waals surface area contributed by atoms with E-state index in [9.17, 15) is 0 Å². The molecule has 0 spiro atoms. The summed E-state index contributed by atoms with van der Waals surface area (Å²) in [5, 5.41) is 8.63. The van der Waals surface area contributed by atoms with Crippen molar-refractivity contribution in [2.45, 2.75) is 25.8 Å². The van der Waals surface area contributed by atoms with Crippen LogP contribution in [-0.2, 0) is 0 Å². The number of aromatic nitrogens is 5. The maximum Gasteiger partial charge on any atom is 0.132 e. The Morgan fingerprint density at radius 2 is 2.10 bits per heavy atom. The third-order valence-electron chi connectivity index (χ3n) is 5.47. The van der Waals surface area contributed by atoms with E-state index in [1.807, 2.05) is 36.7 Å². The minimum absolute atomic E-state index is 0.202. The highest BCUT2D eigenvalue weighted by Crippen LogP contribution is 2.30. The van der Waals surface area contributed by atoms with E-state index in [1.54, 1.807) is 6.20 Å². The van der Waals surface area contributed by atoms with Crippen molar-refractivity contribution in [1.29, 1.82) is 0 Å². The number of fused-ring (bicyclic) bond motifs is 1. The SMILES string of the molecule is Cc1ccc(-c2n[nH]c3cnc(-c4cccnc4)cc23)nc1N1CCCC(N)C1. The van der Waals surface area contributed by atoms with Gasteiger partial charge in [0.05, 0.1) is 23.1 Å². The quantitative estimate of drug-likeness (QED) is 0.562. The van der Waals surface area contributed by atoms with Crippen molar-refractivity contribution < 1.29 is 0 Å². The molecule has 5 rings (SSSR count). The number of H-pyrrole nitrogens is 1. The van der Waals surface area contributed by atoms with Crippen LogP contribution >= 0.6 is 0 Å². The van der Waals surface area contributed by atoms with E-state index < -0.39 is 0 Å². The molecule has 1 aliphatic rings. The van der Waals surface area contributed by atoms with Crippen LogP contribution in [0.15, 0.2) is 48.9 Å². The zero-order valence-corrected chi connectivity index (χ0v) is 16.3. The minimum atomic E-state index is 0.202. The maximum atomic E-state index is 6.19. The number of hydrogen-bond acceptors (Lipinski definition) is 6. The summed E-state index contributed by atoms with van der Waals surface area (Å²) in [6, 6.07) is 10.3. The molecule has 1 unspecified atom stereocenters. The summed E-state index contributed by atoms with van der Waals surface area (Å²) >= 11 is 0. The Morgan fingerprint density at radius 1 is 1.17 bits per heavy atom. The Bertz CT molecular complexity index is 1150. The standard InChI is InChI=1S/C22H23N7/c1-14-6-7-18(26-22(14)29-9-3-5-16(23)13-29)21-17-10-19(15-4-2-8-24-11-15)25-12-20(17)27-28-21/h2,4,6-8,10-12,16H,3,5,9,13,23H2,1H3,(H,27,28). The highest BCUT2D eigenvalue weighted by atomic mass is 15.2. The number of aromatic amines is 1. The molecule has 1 atom stereocenters. The molecular formula is C22H23N7. The van der Waals surface area contributed by atoms with Crippen molar-refractivity contribution in [3.8, 4) is 22.6 Å². The summed E-state index contributed by atoms with van der Waals surface area (Å²) in [6.45, 7) is 3.92. The first-order valence-electron chi connectivity index (χ1n) is 9.92. The van der Waals surface area contributed by atoms with Crippen molar-refractivity contribution in [2.75, 3.05) is 18.0 Å². The minimum Gasteiger partial charge on any atom is -0.355 e. The summed E-state index contributed by atoms with van der Waals surface area (Å²) < 4.78 is 0. The Hall–Kier alpha value is -3.32. The summed E-state index contributed by atoms with van der Waals surface area (Å²) in [7, 11) is 0. The first-order valence-corrected chi connectivity index (χ1v) is 9.92. The van der Waals surface area contributed by atoms with Crippen molar-refractivity contribution in [3.63, 3.8) is 0 Å². The van der Waals surface area contributed by atoms with Crippen LogP contribution in [0, 0.1) is 6.92 Å². The molecule has 1 aliphatic heterocycles. The van der Waals surface area contributed by atoms with Gasteiger partial charge in [-0.25, -0.2) is 4.98 Å². The fraction of sp³-hybridized carbons (Fsp3) is 0.273. The van der Waals surface area contributed by atoms with Gasteiger partial charge in [0.15, 0.2) is 0 Å². The number of rotatable bonds is 3. The maximum absolute atomic E-state index is 6.19. The molecule has 146 valence electrons. The first kappa shape index (κ1) is 17.8. The average molecular weight is 385 g/mol. The molecular weight excluding hydrogens is 362 g/mol. The van der Waals surface area contributed by atoms with E-state index in [1.165, 1.54) is 0 Å². The molecule has 7 heteroatoms. The van der Waals surface area contributed by atoms with E-state index in [0.717, 1.165) is 70.9 Å². The van der Waals surface area contributed by atoms with Gasteiger partial charge in [-0.1, -0.05) is 6.07 Å². The largest absolute Gasteiger partial charge is 0.355 e. The number of nitrogens with one attached hydrogen (secondary N) is 1. The molecule has 29 heavy (non-hydrogen) atoms. The number of nitrogens with two attached hydrogens (primary N) is 1. The molecule has 4 aromatic rings. The molecule has 0 bridgehead atoms. The molecule has 0 radical (unpaired) electrons. The highest BCUT2D eigenvalue weighted by molar-refractivity contribution is 5.93. The Morgan fingerprint density at radius 3 is 2.93 bits per heavy atom. The van der Waals surface area contributed by atoms with Gasteiger partial charge >= 0.3 is 0 Å².